The van der Waals surface area contributed by atoms with E-state index in [4.69, 9.17) is 0 Å². The normalized spacial score (nSPS) is 14.1. The van der Waals surface area contributed by atoms with E-state index in [9.17, 15) is 0 Å². The Hall–Kier alpha value is -7.74. The van der Waals surface area contributed by atoms with Crippen molar-refractivity contribution in [1.29, 1.82) is 0 Å². The van der Waals surface area contributed by atoms with Crippen LogP contribution < -0.4 is 4.90 Å². The first-order valence-electron chi connectivity index (χ1n) is 22.2. The number of benzene rings is 10. The first kappa shape index (κ1) is 36.0. The lowest BCUT2D eigenvalue weighted by molar-refractivity contribution is 0.666. The van der Waals surface area contributed by atoms with Crippen LogP contribution in [0.15, 0.2) is 224 Å². The summed E-state index contributed by atoms with van der Waals surface area (Å²) in [7, 11) is 0. The average Bonchev–Trinajstić information content (AvgIpc) is 3.91. The largest absolute Gasteiger partial charge is 0.309 e. The lowest BCUT2D eigenvalue weighted by Crippen LogP contribution is -2.25. The van der Waals surface area contributed by atoms with Crippen molar-refractivity contribution in [1.82, 2.24) is 0 Å². The number of hydrogen-bond donors (Lipinski definition) is 0. The van der Waals surface area contributed by atoms with Crippen LogP contribution in [-0.2, 0) is 10.8 Å². The van der Waals surface area contributed by atoms with Gasteiger partial charge in [0.2, 0.25) is 0 Å². The molecule has 0 bridgehead atoms. The smallest absolute Gasteiger partial charge is 0.0725 e. The van der Waals surface area contributed by atoms with Crippen molar-refractivity contribution < 1.29 is 0 Å². The second-order valence-corrected chi connectivity index (χ2v) is 17.9. The van der Waals surface area contributed by atoms with E-state index in [2.05, 4.69) is 243 Å². The van der Waals surface area contributed by atoms with E-state index >= 15 is 0 Å². The molecule has 0 radical (unpaired) electrons. The Kier molecular flexibility index (Phi) is 7.64. The Morgan fingerprint density at radius 1 is 0.333 bits per heavy atom. The third kappa shape index (κ3) is 4.94. The predicted octanol–water partition coefficient (Wildman–Crippen LogP) is 16.3. The van der Waals surface area contributed by atoms with Gasteiger partial charge < -0.3 is 4.90 Å². The van der Waals surface area contributed by atoms with Gasteiger partial charge in [0.15, 0.2) is 0 Å². The molecule has 0 fully saturated rings. The number of para-hydroxylation sites is 1. The summed E-state index contributed by atoms with van der Waals surface area (Å²) in [4.78, 5) is 2.52. The monoisotopic (exact) mass is 801 g/mol. The fourth-order valence-corrected chi connectivity index (χ4v) is 11.8. The SMILES string of the molecule is CC1(C)c2ccccc2-c2c(N(c3ccc(-c4ccc5c(c4)C4(c6ccccc6-c6ccccc64)c4ccccc4-5)cc3)c3ccccc3-c3ccccc3)cc3ccccc3c21. The molecule has 296 valence electrons. The molecule has 13 rings (SSSR count). The molecule has 0 aliphatic heterocycles. The highest BCUT2D eigenvalue weighted by molar-refractivity contribution is 6.07. The van der Waals surface area contributed by atoms with Gasteiger partial charge in [0.1, 0.15) is 0 Å². The fraction of sp³-hybridized carbons (Fsp3) is 0.0645. The molecule has 0 N–H and O–H groups in total. The van der Waals surface area contributed by atoms with Gasteiger partial charge in [0.25, 0.3) is 0 Å². The van der Waals surface area contributed by atoms with Crippen LogP contribution in [0.5, 0.6) is 0 Å². The number of hydrogen-bond acceptors (Lipinski definition) is 1. The summed E-state index contributed by atoms with van der Waals surface area (Å²) < 4.78 is 0. The summed E-state index contributed by atoms with van der Waals surface area (Å²) in [6, 6.07) is 83.8. The summed E-state index contributed by atoms with van der Waals surface area (Å²) in [6.45, 7) is 4.79. The van der Waals surface area contributed by atoms with Gasteiger partial charge in [-0.2, -0.15) is 0 Å². The van der Waals surface area contributed by atoms with Crippen LogP contribution in [0.25, 0.3) is 66.4 Å². The number of fused-ring (bicyclic) bond motifs is 15. The Morgan fingerprint density at radius 3 is 1.51 bits per heavy atom. The number of anilines is 3. The number of nitrogens with zero attached hydrogens (tertiary/aromatic N) is 1. The molecule has 10 aromatic carbocycles. The first-order chi connectivity index (χ1) is 31.0. The highest BCUT2D eigenvalue weighted by Gasteiger charge is 2.51. The maximum absolute atomic E-state index is 2.52. The van der Waals surface area contributed by atoms with Crippen molar-refractivity contribution in [3.05, 3.63) is 258 Å². The molecule has 0 aromatic heterocycles. The van der Waals surface area contributed by atoms with E-state index in [0.29, 0.717) is 0 Å². The van der Waals surface area contributed by atoms with Crippen molar-refractivity contribution in [2.75, 3.05) is 4.90 Å². The van der Waals surface area contributed by atoms with E-state index in [-0.39, 0.29) is 10.8 Å². The van der Waals surface area contributed by atoms with Gasteiger partial charge in [-0.1, -0.05) is 208 Å². The molecule has 0 amide bonds. The molecule has 1 spiro atoms. The van der Waals surface area contributed by atoms with Crippen molar-refractivity contribution >= 4 is 27.8 Å². The van der Waals surface area contributed by atoms with Crippen molar-refractivity contribution in [3.8, 4) is 55.6 Å². The molecule has 3 aliphatic rings. The fourth-order valence-electron chi connectivity index (χ4n) is 11.8. The molecule has 10 aromatic rings. The lowest BCUT2D eigenvalue weighted by atomic mass is 9.70. The highest BCUT2D eigenvalue weighted by atomic mass is 15.1. The van der Waals surface area contributed by atoms with Crippen LogP contribution in [0.1, 0.15) is 47.2 Å². The quantitative estimate of drug-likeness (QED) is 0.168. The molecule has 1 heteroatoms. The van der Waals surface area contributed by atoms with Crippen LogP contribution in [0.3, 0.4) is 0 Å². The topological polar surface area (TPSA) is 3.24 Å². The van der Waals surface area contributed by atoms with Crippen LogP contribution in [0.4, 0.5) is 17.1 Å². The third-order valence-corrected chi connectivity index (χ3v) is 14.4. The van der Waals surface area contributed by atoms with Crippen LogP contribution in [0, 0.1) is 0 Å². The predicted molar refractivity (Wildman–Crippen MR) is 263 cm³/mol. The molecular formula is C62H43N. The minimum absolute atomic E-state index is 0.180. The summed E-state index contributed by atoms with van der Waals surface area (Å²) in [5.74, 6) is 0. The Morgan fingerprint density at radius 2 is 0.841 bits per heavy atom. The number of rotatable bonds is 5. The lowest BCUT2D eigenvalue weighted by Gasteiger charge is -2.32. The van der Waals surface area contributed by atoms with E-state index < -0.39 is 0 Å². The summed E-state index contributed by atoms with van der Waals surface area (Å²) in [6.07, 6.45) is 0. The van der Waals surface area contributed by atoms with Crippen LogP contribution in [0.2, 0.25) is 0 Å². The summed E-state index contributed by atoms with van der Waals surface area (Å²) in [5.41, 5.74) is 23.8. The maximum Gasteiger partial charge on any atom is 0.0725 e. The van der Waals surface area contributed by atoms with Gasteiger partial charge in [-0.15, -0.1) is 0 Å². The van der Waals surface area contributed by atoms with Crippen molar-refractivity contribution in [2.24, 2.45) is 0 Å². The van der Waals surface area contributed by atoms with Gasteiger partial charge in [0.05, 0.1) is 16.8 Å². The zero-order chi connectivity index (χ0) is 41.9. The minimum Gasteiger partial charge on any atom is -0.309 e. The van der Waals surface area contributed by atoms with Gasteiger partial charge in [0, 0.05) is 22.2 Å². The molecule has 0 saturated heterocycles. The molecule has 63 heavy (non-hydrogen) atoms. The van der Waals surface area contributed by atoms with Crippen molar-refractivity contribution in [2.45, 2.75) is 24.7 Å². The van der Waals surface area contributed by atoms with Crippen LogP contribution >= 0.6 is 0 Å². The second kappa shape index (κ2) is 13.4. The van der Waals surface area contributed by atoms with E-state index in [1.807, 2.05) is 0 Å². The maximum atomic E-state index is 2.52. The Bertz CT molecular complexity index is 3420. The van der Waals surface area contributed by atoms with E-state index in [1.165, 1.54) is 105 Å². The Balaban J connectivity index is 1.02. The zero-order valence-corrected chi connectivity index (χ0v) is 35.3. The zero-order valence-electron chi connectivity index (χ0n) is 35.3. The van der Waals surface area contributed by atoms with Gasteiger partial charge in [-0.25, -0.2) is 0 Å². The molecule has 0 unspecified atom stereocenters. The van der Waals surface area contributed by atoms with Crippen LogP contribution in [-0.4, -0.2) is 0 Å². The molecule has 0 heterocycles. The molecule has 0 atom stereocenters. The summed E-state index contributed by atoms with van der Waals surface area (Å²) >= 11 is 0. The standard InChI is InChI=1S/C62H43N/c1-61(2)52-27-13-11-26-51(52)59-58(39-43-20-6-7-22-46(43)60(59)61)63(57-31-17-12-21-45(57)41-18-4-3-5-19-41)44-35-32-40(33-36-44)42-34-37-50-49-25-10-16-30-55(49)62(56(50)38-42)53-28-14-8-23-47(53)48-24-9-15-29-54(48)62/h3-39H,1-2H3. The summed E-state index contributed by atoms with van der Waals surface area (Å²) in [5, 5.41) is 2.56. The third-order valence-electron chi connectivity index (χ3n) is 14.4. The minimum atomic E-state index is -0.381. The van der Waals surface area contributed by atoms with E-state index in [0.717, 1.165) is 11.4 Å². The van der Waals surface area contributed by atoms with E-state index in [1.54, 1.807) is 0 Å². The molecule has 3 aliphatic carbocycles. The van der Waals surface area contributed by atoms with Gasteiger partial charge in [-0.05, 0) is 119 Å². The van der Waals surface area contributed by atoms with Crippen molar-refractivity contribution in [3.63, 3.8) is 0 Å². The van der Waals surface area contributed by atoms with Gasteiger partial charge in [-0.3, -0.25) is 0 Å². The molecule has 1 nitrogen and oxygen atoms in total. The Labute approximate surface area is 369 Å². The molecule has 0 saturated carbocycles. The average molecular weight is 802 g/mol. The first-order valence-corrected chi connectivity index (χ1v) is 22.2. The van der Waals surface area contributed by atoms with Gasteiger partial charge >= 0.3 is 0 Å². The molecular weight excluding hydrogens is 759 g/mol. The second-order valence-electron chi connectivity index (χ2n) is 17.9. The highest BCUT2D eigenvalue weighted by Crippen LogP contribution is 2.63.